The van der Waals surface area contributed by atoms with Crippen LogP contribution in [0.2, 0.25) is 0 Å². The van der Waals surface area contributed by atoms with E-state index in [1.165, 1.54) is 23.1 Å². The summed E-state index contributed by atoms with van der Waals surface area (Å²) in [6.07, 6.45) is 0. The van der Waals surface area contributed by atoms with Gasteiger partial charge in [0.15, 0.2) is 0 Å². The Hall–Kier alpha value is -1.20. The van der Waals surface area contributed by atoms with Crippen molar-refractivity contribution in [1.29, 1.82) is 0 Å². The molecule has 2 rings (SSSR count). The van der Waals surface area contributed by atoms with Crippen LogP contribution >= 0.6 is 27.3 Å². The lowest BCUT2D eigenvalue weighted by Gasteiger charge is -2.04. The van der Waals surface area contributed by atoms with E-state index >= 15 is 0 Å². The first kappa shape index (κ1) is 13.2. The SMILES string of the molecule is Cc1ccc(CNC(=O)c2ccc(F)c(Br)c2)s1. The van der Waals surface area contributed by atoms with Crippen LogP contribution in [-0.2, 0) is 6.54 Å². The monoisotopic (exact) mass is 327 g/mol. The van der Waals surface area contributed by atoms with Crippen LogP contribution in [0.25, 0.3) is 0 Å². The third-order valence-corrected chi connectivity index (χ3v) is 4.01. The Kier molecular flexibility index (Phi) is 4.14. The lowest BCUT2D eigenvalue weighted by molar-refractivity contribution is 0.0951. The molecule has 0 fully saturated rings. The van der Waals surface area contributed by atoms with Gasteiger partial charge in [-0.25, -0.2) is 4.39 Å². The molecule has 1 heterocycles. The van der Waals surface area contributed by atoms with Gasteiger partial charge >= 0.3 is 0 Å². The Labute approximate surface area is 117 Å². The Balaban J connectivity index is 2.01. The summed E-state index contributed by atoms with van der Waals surface area (Å²) in [4.78, 5) is 14.1. The molecule has 0 saturated carbocycles. The van der Waals surface area contributed by atoms with Crippen LogP contribution < -0.4 is 5.32 Å². The number of aryl methyl sites for hydroxylation is 1. The molecule has 1 N–H and O–H groups in total. The van der Waals surface area contributed by atoms with Crippen molar-refractivity contribution in [2.24, 2.45) is 0 Å². The fourth-order valence-corrected chi connectivity index (χ4v) is 2.70. The average molecular weight is 328 g/mol. The molecule has 0 saturated heterocycles. The van der Waals surface area contributed by atoms with Crippen LogP contribution in [0.15, 0.2) is 34.8 Å². The molecule has 0 atom stereocenters. The minimum atomic E-state index is -0.375. The van der Waals surface area contributed by atoms with Gasteiger partial charge in [0.05, 0.1) is 11.0 Å². The van der Waals surface area contributed by atoms with E-state index in [-0.39, 0.29) is 11.7 Å². The Morgan fingerprint density at radius 3 is 2.78 bits per heavy atom. The fourth-order valence-electron chi connectivity index (χ4n) is 1.49. The van der Waals surface area contributed by atoms with Gasteiger partial charge in [-0.1, -0.05) is 0 Å². The summed E-state index contributed by atoms with van der Waals surface area (Å²) in [6, 6.07) is 8.22. The molecular weight excluding hydrogens is 317 g/mol. The van der Waals surface area contributed by atoms with E-state index in [0.717, 1.165) is 4.88 Å². The molecule has 1 aromatic heterocycles. The minimum Gasteiger partial charge on any atom is -0.347 e. The summed E-state index contributed by atoms with van der Waals surface area (Å²) in [7, 11) is 0. The van der Waals surface area contributed by atoms with Crippen LogP contribution in [0.5, 0.6) is 0 Å². The van der Waals surface area contributed by atoms with Gasteiger partial charge in [0.2, 0.25) is 0 Å². The Bertz CT molecular complexity index is 582. The topological polar surface area (TPSA) is 29.1 Å². The minimum absolute atomic E-state index is 0.207. The molecule has 0 aliphatic rings. The molecule has 0 unspecified atom stereocenters. The molecule has 2 nitrogen and oxygen atoms in total. The summed E-state index contributed by atoms with van der Waals surface area (Å²) in [5.74, 6) is -0.581. The molecule has 0 aliphatic heterocycles. The van der Waals surface area contributed by atoms with Gasteiger partial charge in [-0.05, 0) is 53.2 Å². The van der Waals surface area contributed by atoms with Crippen molar-refractivity contribution in [3.05, 3.63) is 55.9 Å². The van der Waals surface area contributed by atoms with Crippen LogP contribution in [-0.4, -0.2) is 5.91 Å². The van der Waals surface area contributed by atoms with Crippen molar-refractivity contribution in [1.82, 2.24) is 5.32 Å². The zero-order chi connectivity index (χ0) is 13.1. The number of amides is 1. The summed E-state index contributed by atoms with van der Waals surface area (Å²) < 4.78 is 13.3. The number of benzene rings is 1. The maximum atomic E-state index is 13.0. The molecule has 18 heavy (non-hydrogen) atoms. The van der Waals surface area contributed by atoms with Crippen molar-refractivity contribution in [2.75, 3.05) is 0 Å². The van der Waals surface area contributed by atoms with E-state index in [1.807, 2.05) is 19.1 Å². The molecular formula is C13H11BrFNOS. The number of hydrogen-bond donors (Lipinski definition) is 1. The highest BCUT2D eigenvalue weighted by Gasteiger charge is 2.08. The van der Waals surface area contributed by atoms with Gasteiger partial charge in [-0.3, -0.25) is 4.79 Å². The molecule has 0 aliphatic carbocycles. The Morgan fingerprint density at radius 2 is 2.17 bits per heavy atom. The largest absolute Gasteiger partial charge is 0.347 e. The fraction of sp³-hybridized carbons (Fsp3) is 0.154. The third-order valence-electron chi connectivity index (χ3n) is 2.40. The van der Waals surface area contributed by atoms with Gasteiger partial charge in [-0.2, -0.15) is 0 Å². The van der Waals surface area contributed by atoms with Crippen molar-refractivity contribution in [3.63, 3.8) is 0 Å². The number of rotatable bonds is 3. The van der Waals surface area contributed by atoms with Crippen LogP contribution in [0.4, 0.5) is 4.39 Å². The van der Waals surface area contributed by atoms with Gasteiger partial charge < -0.3 is 5.32 Å². The van der Waals surface area contributed by atoms with Gasteiger partial charge in [-0.15, -0.1) is 11.3 Å². The van der Waals surface area contributed by atoms with Gasteiger partial charge in [0.1, 0.15) is 5.82 Å². The van der Waals surface area contributed by atoms with Crippen molar-refractivity contribution < 1.29 is 9.18 Å². The average Bonchev–Trinajstić information content (AvgIpc) is 2.75. The highest BCUT2D eigenvalue weighted by atomic mass is 79.9. The van der Waals surface area contributed by atoms with Crippen LogP contribution in [0, 0.1) is 12.7 Å². The maximum Gasteiger partial charge on any atom is 0.251 e. The smallest absolute Gasteiger partial charge is 0.251 e. The van der Waals surface area contributed by atoms with E-state index in [1.54, 1.807) is 11.3 Å². The molecule has 5 heteroatoms. The number of hydrogen-bond acceptors (Lipinski definition) is 2. The lowest BCUT2D eigenvalue weighted by Crippen LogP contribution is -2.22. The first-order valence-electron chi connectivity index (χ1n) is 5.35. The standard InChI is InChI=1S/C13H11BrFNOS/c1-8-2-4-10(18-8)7-16-13(17)9-3-5-12(15)11(14)6-9/h2-6H,7H2,1H3,(H,16,17). The Morgan fingerprint density at radius 1 is 1.39 bits per heavy atom. The van der Waals surface area contributed by atoms with Crippen LogP contribution in [0.1, 0.15) is 20.1 Å². The molecule has 1 aromatic carbocycles. The summed E-state index contributed by atoms with van der Waals surface area (Å²) in [5.41, 5.74) is 0.441. The first-order valence-corrected chi connectivity index (χ1v) is 6.96. The van der Waals surface area contributed by atoms with Crippen molar-refractivity contribution in [2.45, 2.75) is 13.5 Å². The lowest BCUT2D eigenvalue weighted by atomic mass is 10.2. The maximum absolute atomic E-state index is 13.0. The van der Waals surface area contributed by atoms with E-state index in [4.69, 9.17) is 0 Å². The van der Waals surface area contributed by atoms with Crippen molar-refractivity contribution in [3.8, 4) is 0 Å². The normalized spacial score (nSPS) is 10.4. The van der Waals surface area contributed by atoms with Crippen LogP contribution in [0.3, 0.4) is 0 Å². The molecule has 1 amide bonds. The molecule has 0 bridgehead atoms. The predicted octanol–water partition coefficient (Wildman–Crippen LogP) is 3.89. The van der Waals surface area contributed by atoms with E-state index in [2.05, 4.69) is 21.2 Å². The van der Waals surface area contributed by atoms with Crippen molar-refractivity contribution >= 4 is 33.2 Å². The number of halogens is 2. The van der Waals surface area contributed by atoms with Gasteiger partial charge in [0, 0.05) is 15.3 Å². The second kappa shape index (κ2) is 5.63. The number of nitrogens with one attached hydrogen (secondary N) is 1. The number of carbonyl (C=O) groups is 1. The summed E-state index contributed by atoms with van der Waals surface area (Å²) in [6.45, 7) is 2.51. The molecule has 0 spiro atoms. The van der Waals surface area contributed by atoms with E-state index in [9.17, 15) is 9.18 Å². The highest BCUT2D eigenvalue weighted by Crippen LogP contribution is 2.17. The third kappa shape index (κ3) is 3.17. The first-order chi connectivity index (χ1) is 8.56. The van der Waals surface area contributed by atoms with E-state index in [0.29, 0.717) is 16.6 Å². The molecule has 94 valence electrons. The summed E-state index contributed by atoms with van der Waals surface area (Å²) >= 11 is 4.71. The number of thiophene rings is 1. The number of carbonyl (C=O) groups excluding carboxylic acids is 1. The second-order valence-electron chi connectivity index (χ2n) is 3.82. The molecule has 0 radical (unpaired) electrons. The molecule has 2 aromatic rings. The highest BCUT2D eigenvalue weighted by molar-refractivity contribution is 9.10. The summed E-state index contributed by atoms with van der Waals surface area (Å²) in [5, 5.41) is 2.80. The quantitative estimate of drug-likeness (QED) is 0.910. The van der Waals surface area contributed by atoms with E-state index < -0.39 is 0 Å². The second-order valence-corrected chi connectivity index (χ2v) is 6.05. The van der Waals surface area contributed by atoms with Gasteiger partial charge in [0.25, 0.3) is 5.91 Å². The predicted molar refractivity (Wildman–Crippen MR) is 74.3 cm³/mol. The zero-order valence-corrected chi connectivity index (χ0v) is 12.1. The zero-order valence-electron chi connectivity index (χ0n) is 9.67.